The smallest absolute Gasteiger partial charge is 0.415 e. The normalized spacial score (nSPS) is 10.1. The number of hydrogen-bond donors (Lipinski definition) is 0. The number of carbonyl (C=O) groups is 1. The molecule has 0 aliphatic rings. The summed E-state index contributed by atoms with van der Waals surface area (Å²) in [6.45, 7) is -0.128. The molecule has 0 heterocycles. The Morgan fingerprint density at radius 1 is 1.23 bits per heavy atom. The molecule has 0 bridgehead atoms. The highest BCUT2D eigenvalue weighted by Gasteiger charge is 2.19. The van der Waals surface area contributed by atoms with Crippen molar-refractivity contribution in [2.45, 2.75) is 6.61 Å². The summed E-state index contributed by atoms with van der Waals surface area (Å²) >= 11 is 0. The van der Waals surface area contributed by atoms with Crippen LogP contribution in [0.1, 0.15) is 5.56 Å². The quantitative estimate of drug-likeness (QED) is 0.674. The first kappa shape index (κ1) is 9.64. The molecule has 0 saturated carbocycles. The van der Waals surface area contributed by atoms with Gasteiger partial charge in [0.15, 0.2) is 0 Å². The highest BCUT2D eigenvalue weighted by atomic mass is 19.3. The number of ether oxygens (including phenoxy) is 1. The average Bonchev–Trinajstić information content (AvgIpc) is 2.15. The fourth-order valence-electron chi connectivity index (χ4n) is 0.778. The summed E-state index contributed by atoms with van der Waals surface area (Å²) < 4.78 is 27.4. The van der Waals surface area contributed by atoms with Crippen molar-refractivity contribution in [3.63, 3.8) is 0 Å². The van der Waals surface area contributed by atoms with Crippen molar-refractivity contribution in [2.24, 2.45) is 0 Å². The molecule has 0 unspecified atom stereocenters. The van der Waals surface area contributed by atoms with Gasteiger partial charge in [-0.2, -0.15) is 8.78 Å². The van der Waals surface area contributed by atoms with Crippen LogP contribution in [0.25, 0.3) is 0 Å². The molecule has 0 aromatic heterocycles. The van der Waals surface area contributed by atoms with E-state index < -0.39 is 12.4 Å². The molecule has 0 amide bonds. The first-order chi connectivity index (χ1) is 6.20. The van der Waals surface area contributed by atoms with Crippen LogP contribution in [0.3, 0.4) is 0 Å². The monoisotopic (exact) mass is 185 g/mol. The maximum absolute atomic E-state index is 11.6. The van der Waals surface area contributed by atoms with Crippen LogP contribution in [-0.4, -0.2) is 5.97 Å². The third-order valence-corrected chi connectivity index (χ3v) is 1.37. The van der Waals surface area contributed by atoms with Gasteiger partial charge in [-0.25, -0.2) is 4.79 Å². The minimum Gasteiger partial charge on any atom is -0.456 e. The van der Waals surface area contributed by atoms with Gasteiger partial charge in [-0.15, -0.1) is 0 Å². The SMILES string of the molecule is O=C(OCc1ccccc1)[C](F)F. The summed E-state index contributed by atoms with van der Waals surface area (Å²) in [4.78, 5) is 10.3. The molecule has 1 aromatic rings. The molecule has 69 valence electrons. The molecule has 0 aliphatic heterocycles. The number of carbonyl (C=O) groups excluding carboxylic acids is 1. The third-order valence-electron chi connectivity index (χ3n) is 1.37. The second kappa shape index (κ2) is 4.54. The zero-order chi connectivity index (χ0) is 9.68. The zero-order valence-electron chi connectivity index (χ0n) is 6.67. The molecule has 0 spiro atoms. The lowest BCUT2D eigenvalue weighted by molar-refractivity contribution is -0.149. The Balaban J connectivity index is 2.40. The third kappa shape index (κ3) is 3.19. The second-order valence-electron chi connectivity index (χ2n) is 2.32. The van der Waals surface area contributed by atoms with Crippen LogP contribution in [0.4, 0.5) is 8.78 Å². The van der Waals surface area contributed by atoms with Gasteiger partial charge in [0.25, 0.3) is 0 Å². The number of benzene rings is 1. The molecule has 0 aliphatic carbocycles. The van der Waals surface area contributed by atoms with Crippen molar-refractivity contribution in [3.05, 3.63) is 42.3 Å². The Hall–Kier alpha value is -1.45. The maximum atomic E-state index is 11.6. The number of halogens is 2. The van der Waals surface area contributed by atoms with Gasteiger partial charge in [-0.3, -0.25) is 0 Å². The van der Waals surface area contributed by atoms with Crippen LogP contribution in [-0.2, 0) is 16.1 Å². The van der Waals surface area contributed by atoms with Crippen LogP contribution in [0.5, 0.6) is 0 Å². The molecule has 0 fully saturated rings. The predicted octanol–water partition coefficient (Wildman–Crippen LogP) is 2.16. The molecule has 0 saturated heterocycles. The standard InChI is InChI=1S/C9H7F2O2/c10-8(11)9(12)13-6-7-4-2-1-3-5-7/h1-5H,6H2. The van der Waals surface area contributed by atoms with Crippen molar-refractivity contribution in [1.82, 2.24) is 0 Å². The van der Waals surface area contributed by atoms with Crippen molar-refractivity contribution >= 4 is 5.97 Å². The van der Waals surface area contributed by atoms with Crippen LogP contribution in [0.15, 0.2) is 30.3 Å². The van der Waals surface area contributed by atoms with Gasteiger partial charge in [0.05, 0.1) is 0 Å². The van der Waals surface area contributed by atoms with E-state index in [1.807, 2.05) is 0 Å². The number of rotatable bonds is 3. The van der Waals surface area contributed by atoms with Crippen LogP contribution in [0, 0.1) is 6.43 Å². The minimum atomic E-state index is -2.32. The summed E-state index contributed by atoms with van der Waals surface area (Å²) in [6, 6.07) is 8.62. The molecular formula is C9H7F2O2. The molecule has 2 nitrogen and oxygen atoms in total. The van der Waals surface area contributed by atoms with E-state index in [0.29, 0.717) is 5.56 Å². The molecule has 1 radical (unpaired) electrons. The average molecular weight is 185 g/mol. The first-order valence-corrected chi connectivity index (χ1v) is 3.59. The highest BCUT2D eigenvalue weighted by Crippen LogP contribution is 2.08. The molecular weight excluding hydrogens is 178 g/mol. The van der Waals surface area contributed by atoms with Crippen molar-refractivity contribution in [3.8, 4) is 0 Å². The summed E-state index contributed by atoms with van der Waals surface area (Å²) in [5.41, 5.74) is 0.678. The number of esters is 1. The summed E-state index contributed by atoms with van der Waals surface area (Å²) in [5, 5.41) is 0. The van der Waals surface area contributed by atoms with Crippen molar-refractivity contribution in [1.29, 1.82) is 0 Å². The van der Waals surface area contributed by atoms with Crippen LogP contribution < -0.4 is 0 Å². The van der Waals surface area contributed by atoms with Gasteiger partial charge in [-0.05, 0) is 5.56 Å². The first-order valence-electron chi connectivity index (χ1n) is 3.59. The van der Waals surface area contributed by atoms with Gasteiger partial charge in [-0.1, -0.05) is 30.3 Å². The predicted molar refractivity (Wildman–Crippen MR) is 41.7 cm³/mol. The van der Waals surface area contributed by atoms with Gasteiger partial charge in [0, 0.05) is 0 Å². The van der Waals surface area contributed by atoms with E-state index in [4.69, 9.17) is 0 Å². The van der Waals surface area contributed by atoms with Crippen molar-refractivity contribution in [2.75, 3.05) is 0 Å². The zero-order valence-corrected chi connectivity index (χ0v) is 6.67. The van der Waals surface area contributed by atoms with Crippen LogP contribution in [0.2, 0.25) is 0 Å². The fourth-order valence-corrected chi connectivity index (χ4v) is 0.778. The fraction of sp³-hybridized carbons (Fsp3) is 0.111. The summed E-state index contributed by atoms with van der Waals surface area (Å²) in [5.74, 6) is -1.57. The lowest BCUT2D eigenvalue weighted by Gasteiger charge is -2.01. The van der Waals surface area contributed by atoms with E-state index in [1.165, 1.54) is 0 Å². The largest absolute Gasteiger partial charge is 0.456 e. The molecule has 13 heavy (non-hydrogen) atoms. The van der Waals surface area contributed by atoms with Crippen LogP contribution >= 0.6 is 0 Å². The van der Waals surface area contributed by atoms with E-state index >= 15 is 0 Å². The van der Waals surface area contributed by atoms with Gasteiger partial charge in [0.1, 0.15) is 6.61 Å². The van der Waals surface area contributed by atoms with Gasteiger partial charge >= 0.3 is 12.4 Å². The van der Waals surface area contributed by atoms with Gasteiger partial charge in [0.2, 0.25) is 0 Å². The molecule has 0 N–H and O–H groups in total. The molecule has 0 atom stereocenters. The van der Waals surface area contributed by atoms with Crippen molar-refractivity contribution < 1.29 is 18.3 Å². The topological polar surface area (TPSA) is 26.3 Å². The molecule has 4 heteroatoms. The maximum Gasteiger partial charge on any atom is 0.415 e. The highest BCUT2D eigenvalue weighted by molar-refractivity contribution is 5.80. The molecule has 1 aromatic carbocycles. The Morgan fingerprint density at radius 3 is 2.38 bits per heavy atom. The van der Waals surface area contributed by atoms with E-state index in [-0.39, 0.29) is 6.61 Å². The second-order valence-corrected chi connectivity index (χ2v) is 2.32. The summed E-state index contributed by atoms with van der Waals surface area (Å²) in [7, 11) is 0. The Bertz CT molecular complexity index is 272. The Kier molecular flexibility index (Phi) is 3.37. The van der Waals surface area contributed by atoms with E-state index in [0.717, 1.165) is 0 Å². The minimum absolute atomic E-state index is 0.128. The van der Waals surface area contributed by atoms with E-state index in [1.54, 1.807) is 30.3 Å². The lowest BCUT2D eigenvalue weighted by Crippen LogP contribution is -2.07. The summed E-state index contributed by atoms with van der Waals surface area (Å²) in [6.07, 6.45) is -2.32. The Morgan fingerprint density at radius 2 is 1.85 bits per heavy atom. The van der Waals surface area contributed by atoms with Gasteiger partial charge < -0.3 is 4.74 Å². The lowest BCUT2D eigenvalue weighted by atomic mass is 10.2. The van der Waals surface area contributed by atoms with E-state index in [2.05, 4.69) is 4.74 Å². The number of hydrogen-bond acceptors (Lipinski definition) is 2. The van der Waals surface area contributed by atoms with E-state index in [9.17, 15) is 13.6 Å². The molecule has 1 rings (SSSR count). The Labute approximate surface area is 74.1 Å².